The molecule has 0 saturated carbocycles. The Morgan fingerprint density at radius 3 is 2.40 bits per heavy atom. The van der Waals surface area contributed by atoms with Gasteiger partial charge in [-0.2, -0.15) is 0 Å². The van der Waals surface area contributed by atoms with E-state index in [1.165, 1.54) is 77.5 Å². The molecule has 15 heavy (non-hydrogen) atoms. The third kappa shape index (κ3) is 4.12. The van der Waals surface area contributed by atoms with Crippen LogP contribution in [0.15, 0.2) is 0 Å². The van der Waals surface area contributed by atoms with Gasteiger partial charge in [-0.25, -0.2) is 0 Å². The Morgan fingerprint density at radius 2 is 1.60 bits per heavy atom. The van der Waals surface area contributed by atoms with Crippen molar-refractivity contribution >= 4 is 0 Å². The smallest absolute Gasteiger partial charge is 0.135 e. The van der Waals surface area contributed by atoms with Crippen LogP contribution in [-0.4, -0.2) is 32.2 Å². The molecule has 0 bridgehead atoms. The van der Waals surface area contributed by atoms with Crippen LogP contribution < -0.4 is 10.2 Å². The first-order valence-corrected chi connectivity index (χ1v) is 7.12. The van der Waals surface area contributed by atoms with Crippen molar-refractivity contribution in [3.05, 3.63) is 0 Å². The zero-order chi connectivity index (χ0) is 10.3. The van der Waals surface area contributed by atoms with Gasteiger partial charge in [0.2, 0.25) is 0 Å². The summed E-state index contributed by atoms with van der Waals surface area (Å²) in [5.74, 6) is 0. The van der Waals surface area contributed by atoms with Gasteiger partial charge in [-0.1, -0.05) is 0 Å². The Balaban J connectivity index is 1.73. The van der Waals surface area contributed by atoms with Gasteiger partial charge in [-0.05, 0) is 44.9 Å². The van der Waals surface area contributed by atoms with Crippen molar-refractivity contribution in [2.24, 2.45) is 0 Å². The normalized spacial score (nSPS) is 30.8. The number of hydrogen-bond donors (Lipinski definition) is 2. The molecule has 2 nitrogen and oxygen atoms in total. The van der Waals surface area contributed by atoms with E-state index in [-0.39, 0.29) is 0 Å². The summed E-state index contributed by atoms with van der Waals surface area (Å²) in [5.41, 5.74) is 0. The quantitative estimate of drug-likeness (QED) is 0.640. The van der Waals surface area contributed by atoms with Gasteiger partial charge in [-0.3, -0.25) is 0 Å². The van der Waals surface area contributed by atoms with Gasteiger partial charge in [0.25, 0.3) is 0 Å². The molecule has 0 unspecified atom stereocenters. The topological polar surface area (TPSA) is 21.1 Å². The van der Waals surface area contributed by atoms with Crippen molar-refractivity contribution in [3.63, 3.8) is 0 Å². The summed E-state index contributed by atoms with van der Waals surface area (Å²) < 4.78 is 0. The minimum absolute atomic E-state index is 0.945. The van der Waals surface area contributed by atoms with E-state index in [1.54, 1.807) is 0 Å². The van der Waals surface area contributed by atoms with Crippen LogP contribution in [0, 0.1) is 0 Å². The maximum atomic E-state index is 2.63. The minimum Gasteiger partial charge on any atom is -0.339 e. The van der Waals surface area contributed by atoms with Gasteiger partial charge in [0.1, 0.15) is 12.6 Å². The van der Waals surface area contributed by atoms with E-state index < -0.39 is 0 Å². The molecule has 0 aliphatic carbocycles. The summed E-state index contributed by atoms with van der Waals surface area (Å²) in [6.07, 6.45) is 11.8. The van der Waals surface area contributed by atoms with Crippen molar-refractivity contribution < 1.29 is 10.2 Å². The van der Waals surface area contributed by atoms with Gasteiger partial charge in [-0.15, -0.1) is 0 Å². The molecule has 2 aliphatic rings. The molecule has 0 aromatic rings. The van der Waals surface area contributed by atoms with E-state index in [1.807, 2.05) is 4.90 Å². The second-order valence-corrected chi connectivity index (χ2v) is 5.50. The standard InChI is InChI=1S/C13H26N2/c1-2-7-11-15(10-6-1)12-13-8-4-3-5-9-14-13/h13-14H,1-12H2/p+2/t13-/m0/s1. The van der Waals surface area contributed by atoms with Crippen LogP contribution in [0.1, 0.15) is 51.4 Å². The first kappa shape index (κ1) is 11.4. The lowest BCUT2D eigenvalue weighted by Gasteiger charge is -2.21. The maximum absolute atomic E-state index is 2.63. The average molecular weight is 212 g/mol. The highest BCUT2D eigenvalue weighted by Gasteiger charge is 2.21. The van der Waals surface area contributed by atoms with E-state index in [4.69, 9.17) is 0 Å². The van der Waals surface area contributed by atoms with Gasteiger partial charge in [0, 0.05) is 6.42 Å². The summed E-state index contributed by atoms with van der Waals surface area (Å²) >= 11 is 0. The number of rotatable bonds is 2. The van der Waals surface area contributed by atoms with Crippen molar-refractivity contribution in [2.75, 3.05) is 26.2 Å². The number of hydrogen-bond acceptors (Lipinski definition) is 0. The molecule has 0 aromatic heterocycles. The van der Waals surface area contributed by atoms with Crippen LogP contribution in [0.4, 0.5) is 0 Å². The summed E-state index contributed by atoms with van der Waals surface area (Å²) in [7, 11) is 0. The lowest BCUT2D eigenvalue weighted by Crippen LogP contribution is -3.16. The predicted octanol–water partition coefficient (Wildman–Crippen LogP) is -0.0487. The van der Waals surface area contributed by atoms with Crippen LogP contribution in [0.5, 0.6) is 0 Å². The van der Waals surface area contributed by atoms with Crippen LogP contribution in [0.3, 0.4) is 0 Å². The molecule has 1 atom stereocenters. The Kier molecular flexibility index (Phi) is 4.94. The van der Waals surface area contributed by atoms with Crippen molar-refractivity contribution in [2.45, 2.75) is 57.4 Å². The lowest BCUT2D eigenvalue weighted by atomic mass is 10.1. The monoisotopic (exact) mass is 212 g/mol. The fourth-order valence-corrected chi connectivity index (χ4v) is 3.19. The third-order valence-electron chi connectivity index (χ3n) is 4.14. The van der Waals surface area contributed by atoms with Gasteiger partial charge in [0.05, 0.1) is 19.6 Å². The number of quaternary nitrogens is 2. The zero-order valence-corrected chi connectivity index (χ0v) is 10.1. The molecule has 2 rings (SSSR count). The largest absolute Gasteiger partial charge is 0.339 e. The maximum Gasteiger partial charge on any atom is 0.135 e. The molecular weight excluding hydrogens is 184 g/mol. The molecule has 2 saturated heterocycles. The summed E-state index contributed by atoms with van der Waals surface area (Å²) in [6, 6.07) is 0.945. The highest BCUT2D eigenvalue weighted by molar-refractivity contribution is 4.58. The molecular formula is C13H28N2+2. The lowest BCUT2D eigenvalue weighted by molar-refractivity contribution is -0.918. The molecule has 0 spiro atoms. The third-order valence-corrected chi connectivity index (χ3v) is 4.14. The van der Waals surface area contributed by atoms with Crippen LogP contribution in [0.25, 0.3) is 0 Å². The Labute approximate surface area is 94.4 Å². The molecule has 88 valence electrons. The van der Waals surface area contributed by atoms with Gasteiger partial charge < -0.3 is 10.2 Å². The minimum atomic E-state index is 0.945. The molecule has 0 radical (unpaired) electrons. The van der Waals surface area contributed by atoms with Crippen molar-refractivity contribution in [1.82, 2.24) is 0 Å². The first-order chi connectivity index (χ1) is 7.45. The average Bonchev–Trinajstić information content (AvgIpc) is 2.63. The van der Waals surface area contributed by atoms with Gasteiger partial charge >= 0.3 is 0 Å². The number of nitrogens with two attached hydrogens (primary N) is 1. The van der Waals surface area contributed by atoms with Gasteiger partial charge in [0.15, 0.2) is 0 Å². The first-order valence-electron chi connectivity index (χ1n) is 7.12. The molecule has 2 heteroatoms. The Hall–Kier alpha value is -0.0800. The molecule has 0 amide bonds. The molecule has 2 fully saturated rings. The molecule has 2 heterocycles. The molecule has 3 N–H and O–H groups in total. The summed E-state index contributed by atoms with van der Waals surface area (Å²) in [6.45, 7) is 5.73. The highest BCUT2D eigenvalue weighted by atomic mass is 15.1. The predicted molar refractivity (Wildman–Crippen MR) is 63.1 cm³/mol. The number of likely N-dealkylation sites (tertiary alicyclic amines) is 1. The SMILES string of the molecule is C1CC[NH2+][C@H](C[NH+]2CCCCCC2)CC1. The van der Waals surface area contributed by atoms with E-state index in [9.17, 15) is 0 Å². The fourth-order valence-electron chi connectivity index (χ4n) is 3.19. The zero-order valence-electron chi connectivity index (χ0n) is 10.1. The second kappa shape index (κ2) is 6.49. The Bertz CT molecular complexity index is 136. The summed E-state index contributed by atoms with van der Waals surface area (Å²) in [4.78, 5) is 1.90. The molecule has 0 aromatic carbocycles. The molecule has 2 aliphatic heterocycles. The number of nitrogens with one attached hydrogen (secondary N) is 1. The van der Waals surface area contributed by atoms with Crippen LogP contribution in [-0.2, 0) is 0 Å². The van der Waals surface area contributed by atoms with Crippen LogP contribution in [0.2, 0.25) is 0 Å². The van der Waals surface area contributed by atoms with Crippen LogP contribution >= 0.6 is 0 Å². The van der Waals surface area contributed by atoms with E-state index in [2.05, 4.69) is 5.32 Å². The highest BCUT2D eigenvalue weighted by Crippen LogP contribution is 2.03. The van der Waals surface area contributed by atoms with E-state index in [0.29, 0.717) is 0 Å². The van der Waals surface area contributed by atoms with Crippen molar-refractivity contribution in [3.8, 4) is 0 Å². The van der Waals surface area contributed by atoms with Crippen molar-refractivity contribution in [1.29, 1.82) is 0 Å². The fraction of sp³-hybridized carbons (Fsp3) is 1.00. The van der Waals surface area contributed by atoms with E-state index >= 15 is 0 Å². The Morgan fingerprint density at radius 1 is 0.867 bits per heavy atom. The summed E-state index contributed by atoms with van der Waals surface area (Å²) in [5, 5.41) is 2.63. The second-order valence-electron chi connectivity index (χ2n) is 5.50. The van der Waals surface area contributed by atoms with E-state index in [0.717, 1.165) is 6.04 Å².